The van der Waals surface area contributed by atoms with Crippen LogP contribution < -0.4 is 0 Å². The fourth-order valence-electron chi connectivity index (χ4n) is 1.85. The van der Waals surface area contributed by atoms with Crippen molar-refractivity contribution in [3.63, 3.8) is 0 Å². The molecule has 0 aliphatic heterocycles. The van der Waals surface area contributed by atoms with Gasteiger partial charge < -0.3 is 0 Å². The highest BCUT2D eigenvalue weighted by Gasteiger charge is 2.08. The third-order valence-corrected chi connectivity index (χ3v) is 2.76. The highest BCUT2D eigenvalue weighted by Crippen LogP contribution is 2.18. The molecule has 0 spiro atoms. The van der Waals surface area contributed by atoms with Crippen LogP contribution in [0.4, 0.5) is 5.69 Å². The van der Waals surface area contributed by atoms with E-state index in [9.17, 15) is 10.1 Å². The molecular formula is C13H19NO2. The molecule has 0 heterocycles. The Labute approximate surface area is 96.6 Å². The van der Waals surface area contributed by atoms with Crippen LogP contribution in [0, 0.1) is 16.0 Å². The highest BCUT2D eigenvalue weighted by atomic mass is 16.6. The lowest BCUT2D eigenvalue weighted by Crippen LogP contribution is -2.00. The van der Waals surface area contributed by atoms with E-state index in [0.29, 0.717) is 5.92 Å². The minimum Gasteiger partial charge on any atom is -0.258 e. The number of hydrogen-bond donors (Lipinski definition) is 0. The van der Waals surface area contributed by atoms with E-state index in [1.165, 1.54) is 19.3 Å². The van der Waals surface area contributed by atoms with Gasteiger partial charge in [-0.15, -0.1) is 0 Å². The molecule has 0 saturated carbocycles. The summed E-state index contributed by atoms with van der Waals surface area (Å²) in [5.41, 5.74) is 1.26. The lowest BCUT2D eigenvalue weighted by molar-refractivity contribution is -0.384. The molecule has 3 heteroatoms. The second kappa shape index (κ2) is 6.26. The van der Waals surface area contributed by atoms with Gasteiger partial charge in [-0.1, -0.05) is 45.2 Å². The number of nitrogens with zero attached hydrogens (tertiary/aromatic N) is 1. The van der Waals surface area contributed by atoms with Gasteiger partial charge in [-0.25, -0.2) is 0 Å². The molecule has 3 nitrogen and oxygen atoms in total. The Kier molecular flexibility index (Phi) is 4.96. The summed E-state index contributed by atoms with van der Waals surface area (Å²) in [6.07, 6.45) is 4.57. The molecule has 0 aromatic heterocycles. The number of nitro benzene ring substituents is 1. The van der Waals surface area contributed by atoms with Gasteiger partial charge in [0.2, 0.25) is 0 Å². The maximum Gasteiger partial charge on any atom is 0.269 e. The lowest BCUT2D eigenvalue weighted by Gasteiger charge is -2.10. The maximum atomic E-state index is 10.6. The zero-order valence-electron chi connectivity index (χ0n) is 9.98. The molecule has 0 aliphatic rings. The highest BCUT2D eigenvalue weighted by molar-refractivity contribution is 5.34. The second-order valence-electron chi connectivity index (χ2n) is 4.38. The van der Waals surface area contributed by atoms with Crippen molar-refractivity contribution in [1.82, 2.24) is 0 Å². The number of hydrogen-bond acceptors (Lipinski definition) is 2. The van der Waals surface area contributed by atoms with E-state index in [1.807, 2.05) is 6.07 Å². The van der Waals surface area contributed by atoms with E-state index >= 15 is 0 Å². The molecule has 0 amide bonds. The van der Waals surface area contributed by atoms with E-state index in [1.54, 1.807) is 18.2 Å². The maximum absolute atomic E-state index is 10.6. The van der Waals surface area contributed by atoms with Gasteiger partial charge in [-0.3, -0.25) is 10.1 Å². The first-order valence-electron chi connectivity index (χ1n) is 5.86. The van der Waals surface area contributed by atoms with Crippen molar-refractivity contribution in [3.8, 4) is 0 Å². The van der Waals surface area contributed by atoms with Crippen LogP contribution in [0.1, 0.15) is 38.7 Å². The van der Waals surface area contributed by atoms with Crippen molar-refractivity contribution in [2.24, 2.45) is 5.92 Å². The topological polar surface area (TPSA) is 43.1 Å². The molecule has 0 N–H and O–H groups in total. The monoisotopic (exact) mass is 221 g/mol. The number of nitro groups is 1. The standard InChI is InChI=1S/C13H19NO2/c1-3-4-6-11(2)9-12-7-5-8-13(10-12)14(15)16/h5,7-8,10-11H,3-4,6,9H2,1-2H3. The Bertz CT molecular complexity index is 350. The molecule has 16 heavy (non-hydrogen) atoms. The Morgan fingerprint density at radius 1 is 1.44 bits per heavy atom. The Morgan fingerprint density at radius 2 is 2.19 bits per heavy atom. The quantitative estimate of drug-likeness (QED) is 0.539. The fraction of sp³-hybridized carbons (Fsp3) is 0.538. The van der Waals surface area contributed by atoms with E-state index in [-0.39, 0.29) is 10.6 Å². The third-order valence-electron chi connectivity index (χ3n) is 2.76. The number of non-ortho nitro benzene ring substituents is 1. The van der Waals surface area contributed by atoms with Crippen LogP contribution in [-0.4, -0.2) is 4.92 Å². The minimum absolute atomic E-state index is 0.195. The van der Waals surface area contributed by atoms with Crippen LogP contribution in [0.2, 0.25) is 0 Å². The summed E-state index contributed by atoms with van der Waals surface area (Å²) in [7, 11) is 0. The van der Waals surface area contributed by atoms with Crippen molar-refractivity contribution in [2.45, 2.75) is 39.5 Å². The molecule has 0 bridgehead atoms. The Balaban J connectivity index is 2.59. The van der Waals surface area contributed by atoms with Crippen LogP contribution in [0.15, 0.2) is 24.3 Å². The Hall–Kier alpha value is -1.38. The second-order valence-corrected chi connectivity index (χ2v) is 4.38. The van der Waals surface area contributed by atoms with Crippen molar-refractivity contribution in [3.05, 3.63) is 39.9 Å². The SMILES string of the molecule is CCCCC(C)Cc1cccc([N+](=O)[O-])c1. The predicted molar refractivity (Wildman–Crippen MR) is 65.5 cm³/mol. The molecular weight excluding hydrogens is 202 g/mol. The third kappa shape index (κ3) is 4.01. The summed E-state index contributed by atoms with van der Waals surface area (Å²) in [6.45, 7) is 4.38. The number of benzene rings is 1. The minimum atomic E-state index is -0.333. The van der Waals surface area contributed by atoms with Crippen molar-refractivity contribution < 1.29 is 4.92 Å². The summed E-state index contributed by atoms with van der Waals surface area (Å²) < 4.78 is 0. The van der Waals surface area contributed by atoms with Gasteiger partial charge in [0.25, 0.3) is 5.69 Å². The average Bonchev–Trinajstić information content (AvgIpc) is 2.26. The van der Waals surface area contributed by atoms with E-state index in [0.717, 1.165) is 12.0 Å². The zero-order valence-corrected chi connectivity index (χ0v) is 9.98. The first-order chi connectivity index (χ1) is 7.63. The molecule has 0 aliphatic carbocycles. The molecule has 0 radical (unpaired) electrons. The summed E-state index contributed by atoms with van der Waals surface area (Å²) in [6, 6.07) is 6.96. The first kappa shape index (κ1) is 12.7. The Morgan fingerprint density at radius 3 is 2.81 bits per heavy atom. The van der Waals surface area contributed by atoms with Crippen LogP contribution in [-0.2, 0) is 6.42 Å². The van der Waals surface area contributed by atoms with Gasteiger partial charge in [0.1, 0.15) is 0 Å². The van der Waals surface area contributed by atoms with Gasteiger partial charge in [-0.05, 0) is 17.9 Å². The number of unbranched alkanes of at least 4 members (excludes halogenated alkanes) is 1. The van der Waals surface area contributed by atoms with Crippen LogP contribution in [0.25, 0.3) is 0 Å². The van der Waals surface area contributed by atoms with Crippen LogP contribution >= 0.6 is 0 Å². The zero-order chi connectivity index (χ0) is 12.0. The molecule has 1 unspecified atom stereocenters. The molecule has 1 aromatic carbocycles. The molecule has 1 rings (SSSR count). The largest absolute Gasteiger partial charge is 0.269 e. The van der Waals surface area contributed by atoms with Gasteiger partial charge in [0.05, 0.1) is 4.92 Å². The van der Waals surface area contributed by atoms with Crippen molar-refractivity contribution >= 4 is 5.69 Å². The molecule has 88 valence electrons. The number of rotatable bonds is 6. The fourth-order valence-corrected chi connectivity index (χ4v) is 1.85. The van der Waals surface area contributed by atoms with E-state index in [4.69, 9.17) is 0 Å². The smallest absolute Gasteiger partial charge is 0.258 e. The van der Waals surface area contributed by atoms with Crippen LogP contribution in [0.3, 0.4) is 0 Å². The van der Waals surface area contributed by atoms with Crippen LogP contribution in [0.5, 0.6) is 0 Å². The normalized spacial score (nSPS) is 12.4. The lowest BCUT2D eigenvalue weighted by atomic mass is 9.96. The molecule has 1 atom stereocenters. The molecule has 0 saturated heterocycles. The predicted octanol–water partition coefficient (Wildman–Crippen LogP) is 3.96. The van der Waals surface area contributed by atoms with Gasteiger partial charge in [0.15, 0.2) is 0 Å². The summed E-state index contributed by atoms with van der Waals surface area (Å²) in [5.74, 6) is 0.599. The summed E-state index contributed by atoms with van der Waals surface area (Å²) in [4.78, 5) is 10.3. The summed E-state index contributed by atoms with van der Waals surface area (Å²) >= 11 is 0. The first-order valence-corrected chi connectivity index (χ1v) is 5.86. The van der Waals surface area contributed by atoms with Crippen molar-refractivity contribution in [2.75, 3.05) is 0 Å². The van der Waals surface area contributed by atoms with E-state index in [2.05, 4.69) is 13.8 Å². The van der Waals surface area contributed by atoms with Gasteiger partial charge in [-0.2, -0.15) is 0 Å². The van der Waals surface area contributed by atoms with Gasteiger partial charge in [0, 0.05) is 12.1 Å². The average molecular weight is 221 g/mol. The van der Waals surface area contributed by atoms with E-state index < -0.39 is 0 Å². The molecule has 1 aromatic rings. The molecule has 0 fully saturated rings. The summed E-state index contributed by atoms with van der Waals surface area (Å²) in [5, 5.41) is 10.6. The van der Waals surface area contributed by atoms with Gasteiger partial charge >= 0.3 is 0 Å². The van der Waals surface area contributed by atoms with Crippen molar-refractivity contribution in [1.29, 1.82) is 0 Å².